The molecule has 68 valence electrons. The van der Waals surface area contributed by atoms with Crippen molar-refractivity contribution < 1.29 is 21.9 Å². The lowest BCUT2D eigenvalue weighted by Crippen LogP contribution is -2.39. The second-order valence-electron chi connectivity index (χ2n) is 1.50. The van der Waals surface area contributed by atoms with Gasteiger partial charge in [-0.05, 0) is 0 Å². The van der Waals surface area contributed by atoms with E-state index in [-0.39, 0.29) is 21.9 Å². The number of nitrogens with one attached hydrogen (secondary N) is 2. The molecule has 1 fully saturated rings. The molecule has 1 aliphatic heterocycles. The molecule has 1 aliphatic rings. The highest BCUT2D eigenvalue weighted by molar-refractivity contribution is 4.59. The summed E-state index contributed by atoms with van der Waals surface area (Å²) in [5, 5.41) is 6.44. The summed E-state index contributed by atoms with van der Waals surface area (Å²) in [5.74, 6) is 0. The Balaban J connectivity index is -0.0000000450. The number of piperazine rings is 1. The Bertz CT molecular complexity index is 30.7. The SMILES string of the molecule is C1CNCCN1.O.O.O.O. The maximum atomic E-state index is 3.22. The maximum Gasteiger partial charge on any atom is 0.00772 e. The van der Waals surface area contributed by atoms with Crippen LogP contribution in [0.5, 0.6) is 0 Å². The molecule has 0 spiro atoms. The molecule has 0 atom stereocenters. The number of hydrogen-bond acceptors (Lipinski definition) is 2. The lowest BCUT2D eigenvalue weighted by Gasteiger charge is -2.11. The lowest BCUT2D eigenvalue weighted by molar-refractivity contribution is 0.534. The molecule has 0 aromatic heterocycles. The van der Waals surface area contributed by atoms with Crippen molar-refractivity contribution in [3.05, 3.63) is 0 Å². The highest BCUT2D eigenvalue weighted by Gasteiger charge is 1.91. The first-order valence-corrected chi connectivity index (χ1v) is 2.41. The molecule has 6 nitrogen and oxygen atoms in total. The predicted molar refractivity (Wildman–Crippen MR) is 40.2 cm³/mol. The minimum atomic E-state index is 0. The first kappa shape index (κ1) is 22.6. The Kier molecular flexibility index (Phi) is 35.9. The molecular formula is C4H18N2O4. The summed E-state index contributed by atoms with van der Waals surface area (Å²) in [5.41, 5.74) is 0. The van der Waals surface area contributed by atoms with E-state index in [9.17, 15) is 0 Å². The van der Waals surface area contributed by atoms with Crippen molar-refractivity contribution in [2.45, 2.75) is 0 Å². The molecule has 10 N–H and O–H groups in total. The van der Waals surface area contributed by atoms with E-state index in [1.807, 2.05) is 0 Å². The maximum absolute atomic E-state index is 3.22. The first-order chi connectivity index (χ1) is 3.00. The predicted octanol–water partition coefficient (Wildman–Crippen LogP) is -4.12. The van der Waals surface area contributed by atoms with Crippen LogP contribution in [0, 0.1) is 0 Å². The highest BCUT2D eigenvalue weighted by Crippen LogP contribution is 1.65. The van der Waals surface area contributed by atoms with Gasteiger partial charge >= 0.3 is 0 Å². The van der Waals surface area contributed by atoms with Gasteiger partial charge in [0.05, 0.1) is 0 Å². The summed E-state index contributed by atoms with van der Waals surface area (Å²) in [7, 11) is 0. The van der Waals surface area contributed by atoms with Crippen LogP contribution in [0.3, 0.4) is 0 Å². The zero-order chi connectivity index (χ0) is 4.24. The average Bonchev–Trinajstić information content (AvgIpc) is 1.72. The third-order valence-electron chi connectivity index (χ3n) is 0.957. The molecule has 1 rings (SSSR count). The second kappa shape index (κ2) is 15.9. The van der Waals surface area contributed by atoms with E-state index < -0.39 is 0 Å². The van der Waals surface area contributed by atoms with E-state index in [1.54, 1.807) is 0 Å². The van der Waals surface area contributed by atoms with Gasteiger partial charge in [-0.25, -0.2) is 0 Å². The third-order valence-corrected chi connectivity index (χ3v) is 0.957. The molecular weight excluding hydrogens is 140 g/mol. The van der Waals surface area contributed by atoms with Crippen molar-refractivity contribution in [2.75, 3.05) is 26.2 Å². The quantitative estimate of drug-likeness (QED) is 0.368. The van der Waals surface area contributed by atoms with Gasteiger partial charge in [0, 0.05) is 26.2 Å². The van der Waals surface area contributed by atoms with Gasteiger partial charge in [-0.15, -0.1) is 0 Å². The van der Waals surface area contributed by atoms with Crippen molar-refractivity contribution >= 4 is 0 Å². The van der Waals surface area contributed by atoms with Gasteiger partial charge in [0.25, 0.3) is 0 Å². The Morgan fingerprint density at radius 1 is 0.500 bits per heavy atom. The molecule has 0 radical (unpaired) electrons. The zero-order valence-electron chi connectivity index (χ0n) is 5.83. The normalized spacial score (nSPS) is 14.4. The van der Waals surface area contributed by atoms with E-state index >= 15 is 0 Å². The molecule has 0 aromatic rings. The summed E-state index contributed by atoms with van der Waals surface area (Å²) >= 11 is 0. The van der Waals surface area contributed by atoms with E-state index in [1.165, 1.54) is 0 Å². The monoisotopic (exact) mass is 158 g/mol. The van der Waals surface area contributed by atoms with E-state index in [4.69, 9.17) is 0 Å². The van der Waals surface area contributed by atoms with Crippen LogP contribution in [0.15, 0.2) is 0 Å². The topological polar surface area (TPSA) is 150 Å². The fourth-order valence-electron chi connectivity index (χ4n) is 0.604. The van der Waals surface area contributed by atoms with Crippen LogP contribution in [-0.4, -0.2) is 48.1 Å². The Hall–Kier alpha value is -0.240. The summed E-state index contributed by atoms with van der Waals surface area (Å²) in [6, 6.07) is 0. The molecule has 0 amide bonds. The largest absolute Gasteiger partial charge is 0.412 e. The molecule has 0 unspecified atom stereocenters. The zero-order valence-corrected chi connectivity index (χ0v) is 5.83. The minimum absolute atomic E-state index is 0. The Morgan fingerprint density at radius 2 is 0.700 bits per heavy atom. The second-order valence-corrected chi connectivity index (χ2v) is 1.50. The van der Waals surface area contributed by atoms with E-state index in [2.05, 4.69) is 10.6 Å². The first-order valence-electron chi connectivity index (χ1n) is 2.41. The van der Waals surface area contributed by atoms with Crippen LogP contribution in [0.1, 0.15) is 0 Å². The Labute approximate surface area is 59.9 Å². The van der Waals surface area contributed by atoms with Gasteiger partial charge < -0.3 is 32.5 Å². The smallest absolute Gasteiger partial charge is 0.00772 e. The third kappa shape index (κ3) is 10.7. The Morgan fingerprint density at radius 3 is 0.800 bits per heavy atom. The highest BCUT2D eigenvalue weighted by atomic mass is 16.0. The van der Waals surface area contributed by atoms with Crippen LogP contribution in [-0.2, 0) is 0 Å². The number of rotatable bonds is 0. The molecule has 10 heavy (non-hydrogen) atoms. The van der Waals surface area contributed by atoms with Gasteiger partial charge in [0.1, 0.15) is 0 Å². The van der Waals surface area contributed by atoms with Gasteiger partial charge in [0.2, 0.25) is 0 Å². The van der Waals surface area contributed by atoms with Gasteiger partial charge in [0.15, 0.2) is 0 Å². The van der Waals surface area contributed by atoms with Crippen molar-refractivity contribution in [1.29, 1.82) is 0 Å². The van der Waals surface area contributed by atoms with Crippen LogP contribution < -0.4 is 10.6 Å². The van der Waals surface area contributed by atoms with Gasteiger partial charge in [-0.1, -0.05) is 0 Å². The molecule has 0 bridgehead atoms. The molecule has 1 saturated heterocycles. The number of hydrogen-bond donors (Lipinski definition) is 2. The van der Waals surface area contributed by atoms with Crippen molar-refractivity contribution in [1.82, 2.24) is 10.6 Å². The fourth-order valence-corrected chi connectivity index (χ4v) is 0.604. The van der Waals surface area contributed by atoms with Gasteiger partial charge in [-0.2, -0.15) is 0 Å². The van der Waals surface area contributed by atoms with Crippen molar-refractivity contribution in [3.8, 4) is 0 Å². The summed E-state index contributed by atoms with van der Waals surface area (Å²) in [4.78, 5) is 0. The van der Waals surface area contributed by atoms with Crippen LogP contribution in [0.4, 0.5) is 0 Å². The molecule has 6 heteroatoms. The van der Waals surface area contributed by atoms with Crippen LogP contribution in [0.25, 0.3) is 0 Å². The summed E-state index contributed by atoms with van der Waals surface area (Å²) in [6.07, 6.45) is 0. The van der Waals surface area contributed by atoms with Crippen molar-refractivity contribution in [2.24, 2.45) is 0 Å². The molecule has 1 heterocycles. The van der Waals surface area contributed by atoms with Crippen molar-refractivity contribution in [3.63, 3.8) is 0 Å². The van der Waals surface area contributed by atoms with Gasteiger partial charge in [-0.3, -0.25) is 0 Å². The van der Waals surface area contributed by atoms with Crippen LogP contribution >= 0.6 is 0 Å². The molecule has 0 saturated carbocycles. The fraction of sp³-hybridized carbons (Fsp3) is 1.00. The summed E-state index contributed by atoms with van der Waals surface area (Å²) < 4.78 is 0. The lowest BCUT2D eigenvalue weighted by atomic mass is 10.4. The van der Waals surface area contributed by atoms with Crippen LogP contribution in [0.2, 0.25) is 0 Å². The molecule has 0 aromatic carbocycles. The van der Waals surface area contributed by atoms with E-state index in [0.717, 1.165) is 26.2 Å². The molecule has 0 aliphatic carbocycles. The average molecular weight is 158 g/mol. The minimum Gasteiger partial charge on any atom is -0.412 e. The van der Waals surface area contributed by atoms with E-state index in [0.29, 0.717) is 0 Å². The standard InChI is InChI=1S/C4H10N2.4H2O/c1-2-6-4-3-5-1;;;;/h5-6H,1-4H2;4*1H2. The summed E-state index contributed by atoms with van der Waals surface area (Å²) in [6.45, 7) is 4.56.